The summed E-state index contributed by atoms with van der Waals surface area (Å²) in [6.07, 6.45) is -3.77. The molecule has 0 amide bonds. The van der Waals surface area contributed by atoms with Gasteiger partial charge >= 0.3 is 6.18 Å². The minimum Gasteiger partial charge on any atom is -0.227 e. The number of hydrogen-bond acceptors (Lipinski definition) is 2. The molecule has 0 aliphatic rings. The first-order valence-corrected chi connectivity index (χ1v) is 5.15. The Morgan fingerprint density at radius 1 is 1.05 bits per heavy atom. The fourth-order valence-corrected chi connectivity index (χ4v) is 1.54. The lowest BCUT2D eigenvalue weighted by molar-refractivity contribution is -0.140. The second kappa shape index (κ2) is 4.69. The number of nitriles is 1. The first kappa shape index (κ1) is 13.0. The summed E-state index contributed by atoms with van der Waals surface area (Å²) in [6.45, 7) is 0. The molecule has 0 aliphatic carbocycles. The smallest absolute Gasteiger partial charge is 0.227 e. The summed E-state index contributed by atoms with van der Waals surface area (Å²) in [5, 5.41) is 8.63. The number of benzene rings is 1. The molecule has 1 heterocycles. The van der Waals surface area contributed by atoms with Gasteiger partial charge in [0.15, 0.2) is 0 Å². The Balaban J connectivity index is 2.49. The first-order valence-electron chi connectivity index (χ1n) is 5.15. The van der Waals surface area contributed by atoms with E-state index in [0.717, 1.165) is 6.20 Å². The number of rotatable bonds is 1. The molecule has 1 aromatic heterocycles. The molecule has 0 spiro atoms. The minimum absolute atomic E-state index is 0.137. The second-order valence-corrected chi connectivity index (χ2v) is 3.75. The summed E-state index contributed by atoms with van der Waals surface area (Å²) >= 11 is 0. The molecule has 1 aromatic carbocycles. The van der Waals surface area contributed by atoms with Crippen LogP contribution in [0.5, 0.6) is 0 Å². The van der Waals surface area contributed by atoms with Gasteiger partial charge in [-0.2, -0.15) is 22.8 Å². The highest BCUT2D eigenvalue weighted by Gasteiger charge is 2.35. The normalized spacial score (nSPS) is 11.1. The maximum absolute atomic E-state index is 13.0. The zero-order valence-electron chi connectivity index (χ0n) is 9.37. The van der Waals surface area contributed by atoms with Crippen molar-refractivity contribution >= 4 is 0 Å². The van der Waals surface area contributed by atoms with Crippen LogP contribution in [0.2, 0.25) is 0 Å². The highest BCUT2D eigenvalue weighted by Crippen LogP contribution is 2.33. The Bertz CT molecular complexity index is 639. The Hall–Kier alpha value is -2.42. The number of aromatic nitrogens is 1. The lowest BCUT2D eigenvalue weighted by Crippen LogP contribution is -2.09. The largest absolute Gasteiger partial charge is 0.420 e. The lowest BCUT2D eigenvalue weighted by atomic mass is 10.0. The monoisotopic (exact) mass is 266 g/mol. The van der Waals surface area contributed by atoms with Gasteiger partial charge in [-0.1, -0.05) is 12.1 Å². The molecule has 96 valence electrons. The van der Waals surface area contributed by atoms with Crippen molar-refractivity contribution in [1.29, 1.82) is 5.26 Å². The highest BCUT2D eigenvalue weighted by atomic mass is 19.4. The van der Waals surface area contributed by atoms with Crippen LogP contribution in [-0.4, -0.2) is 4.98 Å². The molecule has 0 saturated heterocycles. The van der Waals surface area contributed by atoms with Crippen molar-refractivity contribution < 1.29 is 17.6 Å². The Labute approximate surface area is 105 Å². The van der Waals surface area contributed by atoms with Gasteiger partial charge in [0.1, 0.15) is 5.56 Å². The minimum atomic E-state index is -4.79. The van der Waals surface area contributed by atoms with Gasteiger partial charge in [-0.3, -0.25) is 0 Å². The van der Waals surface area contributed by atoms with E-state index in [-0.39, 0.29) is 5.56 Å². The van der Waals surface area contributed by atoms with Gasteiger partial charge in [0.2, 0.25) is 5.95 Å². The molecule has 0 aliphatic heterocycles. The van der Waals surface area contributed by atoms with Crippen LogP contribution in [0.25, 0.3) is 11.1 Å². The fraction of sp³-hybridized carbons (Fsp3) is 0.0769. The van der Waals surface area contributed by atoms with Crippen molar-refractivity contribution in [3.05, 3.63) is 53.6 Å². The number of halogens is 4. The van der Waals surface area contributed by atoms with Crippen LogP contribution in [0, 0.1) is 17.3 Å². The number of alkyl halides is 3. The number of hydrogen-bond donors (Lipinski definition) is 0. The molecule has 2 nitrogen and oxygen atoms in total. The van der Waals surface area contributed by atoms with Gasteiger partial charge in [-0.05, 0) is 23.8 Å². The van der Waals surface area contributed by atoms with Crippen molar-refractivity contribution in [3.63, 3.8) is 0 Å². The van der Waals surface area contributed by atoms with Crippen molar-refractivity contribution in [1.82, 2.24) is 4.98 Å². The van der Waals surface area contributed by atoms with E-state index >= 15 is 0 Å². The number of pyridine rings is 1. The molecule has 0 bridgehead atoms. The van der Waals surface area contributed by atoms with Gasteiger partial charge in [0, 0.05) is 11.8 Å². The summed E-state index contributed by atoms with van der Waals surface area (Å²) < 4.78 is 50.6. The van der Waals surface area contributed by atoms with Crippen molar-refractivity contribution in [2.24, 2.45) is 0 Å². The van der Waals surface area contributed by atoms with Gasteiger partial charge in [0.25, 0.3) is 0 Å². The van der Waals surface area contributed by atoms with Gasteiger partial charge < -0.3 is 0 Å². The summed E-state index contributed by atoms with van der Waals surface area (Å²) in [5.41, 5.74) is -0.459. The predicted octanol–water partition coefficient (Wildman–Crippen LogP) is 3.78. The van der Waals surface area contributed by atoms with E-state index in [4.69, 9.17) is 5.26 Å². The fourth-order valence-electron chi connectivity index (χ4n) is 1.54. The molecular weight excluding hydrogens is 260 g/mol. The van der Waals surface area contributed by atoms with Crippen molar-refractivity contribution in [2.75, 3.05) is 0 Å². The van der Waals surface area contributed by atoms with Crippen LogP contribution in [0.4, 0.5) is 17.6 Å². The average molecular weight is 266 g/mol. The third kappa shape index (κ3) is 2.71. The zero-order chi connectivity index (χ0) is 14.0. The molecule has 6 heteroatoms. The Morgan fingerprint density at radius 3 is 2.21 bits per heavy atom. The van der Waals surface area contributed by atoms with Crippen LogP contribution < -0.4 is 0 Å². The zero-order valence-corrected chi connectivity index (χ0v) is 9.37. The van der Waals surface area contributed by atoms with Crippen molar-refractivity contribution in [2.45, 2.75) is 6.18 Å². The third-order valence-corrected chi connectivity index (χ3v) is 2.49. The SMILES string of the molecule is N#Cc1ccc(-c2cnc(F)c(C(F)(F)F)c2)cc1. The van der Waals surface area contributed by atoms with Gasteiger partial charge in [0.05, 0.1) is 11.6 Å². The van der Waals surface area contributed by atoms with Crippen LogP contribution in [0.15, 0.2) is 36.5 Å². The first-order chi connectivity index (χ1) is 8.91. The molecule has 0 N–H and O–H groups in total. The van der Waals surface area contributed by atoms with E-state index in [1.165, 1.54) is 24.3 Å². The summed E-state index contributed by atoms with van der Waals surface area (Å²) in [4.78, 5) is 3.11. The molecule has 0 atom stereocenters. The van der Waals surface area contributed by atoms with E-state index < -0.39 is 17.7 Å². The quantitative estimate of drug-likeness (QED) is 0.581. The molecule has 2 aromatic rings. The molecule has 19 heavy (non-hydrogen) atoms. The van der Waals surface area contributed by atoms with Gasteiger partial charge in [-0.15, -0.1) is 0 Å². The van der Waals surface area contributed by atoms with E-state index in [1.807, 2.05) is 6.07 Å². The summed E-state index contributed by atoms with van der Waals surface area (Å²) in [5.74, 6) is -1.55. The molecule has 0 saturated carbocycles. The maximum atomic E-state index is 13.0. The van der Waals surface area contributed by atoms with E-state index in [2.05, 4.69) is 4.98 Å². The standard InChI is InChI=1S/C13H6F4N2/c14-12-11(13(15,16)17)5-10(7-19-12)9-3-1-8(6-18)2-4-9/h1-5,7H. The summed E-state index contributed by atoms with van der Waals surface area (Å²) in [6, 6.07) is 8.48. The molecule has 0 fully saturated rings. The van der Waals surface area contributed by atoms with E-state index in [1.54, 1.807) is 0 Å². The van der Waals surface area contributed by atoms with Crippen molar-refractivity contribution in [3.8, 4) is 17.2 Å². The van der Waals surface area contributed by atoms with Crippen LogP contribution in [-0.2, 0) is 6.18 Å². The van der Waals surface area contributed by atoms with E-state index in [0.29, 0.717) is 17.2 Å². The Kier molecular flexibility index (Phi) is 3.21. The molecule has 2 rings (SSSR count). The Morgan fingerprint density at radius 2 is 1.68 bits per heavy atom. The molecule has 0 radical (unpaired) electrons. The predicted molar refractivity (Wildman–Crippen MR) is 59.3 cm³/mol. The molecular formula is C13H6F4N2. The lowest BCUT2D eigenvalue weighted by Gasteiger charge is -2.09. The molecule has 0 unspecified atom stereocenters. The maximum Gasteiger partial charge on any atom is 0.420 e. The van der Waals surface area contributed by atoms with E-state index in [9.17, 15) is 17.6 Å². The average Bonchev–Trinajstić information content (AvgIpc) is 2.38. The highest BCUT2D eigenvalue weighted by molar-refractivity contribution is 5.64. The second-order valence-electron chi connectivity index (χ2n) is 3.75. The third-order valence-electron chi connectivity index (χ3n) is 2.49. The van der Waals surface area contributed by atoms with Gasteiger partial charge in [-0.25, -0.2) is 4.98 Å². The summed E-state index contributed by atoms with van der Waals surface area (Å²) in [7, 11) is 0. The van der Waals surface area contributed by atoms with Crippen LogP contribution >= 0.6 is 0 Å². The van der Waals surface area contributed by atoms with Crippen LogP contribution in [0.3, 0.4) is 0 Å². The van der Waals surface area contributed by atoms with Crippen LogP contribution in [0.1, 0.15) is 11.1 Å². The topological polar surface area (TPSA) is 36.7 Å². The number of nitrogens with zero attached hydrogens (tertiary/aromatic N) is 2.